The molecule has 25 heavy (non-hydrogen) atoms. The van der Waals surface area contributed by atoms with Crippen LogP contribution in [0.1, 0.15) is 38.1 Å². The first-order chi connectivity index (χ1) is 12.2. The molecule has 1 N–H and O–H groups in total. The Kier molecular flexibility index (Phi) is 5.42. The molecule has 2 aromatic rings. The fourth-order valence-corrected chi connectivity index (χ4v) is 2.74. The third-order valence-electron chi connectivity index (χ3n) is 4.19. The molecule has 1 unspecified atom stereocenters. The van der Waals surface area contributed by atoms with Crippen LogP contribution in [0.3, 0.4) is 0 Å². The van der Waals surface area contributed by atoms with Crippen LogP contribution >= 0.6 is 0 Å². The molecule has 0 spiro atoms. The van der Waals surface area contributed by atoms with E-state index in [0.717, 1.165) is 25.9 Å². The maximum Gasteiger partial charge on any atom is 0.321 e. The number of carbonyl (C=O) groups is 1. The summed E-state index contributed by atoms with van der Waals surface area (Å²) in [5.41, 5.74) is 0. The fourth-order valence-electron chi connectivity index (χ4n) is 2.74. The van der Waals surface area contributed by atoms with Crippen molar-refractivity contribution in [1.29, 1.82) is 0 Å². The minimum atomic E-state index is -0.403. The van der Waals surface area contributed by atoms with E-state index < -0.39 is 6.04 Å². The molecule has 0 bridgehead atoms. The zero-order valence-corrected chi connectivity index (χ0v) is 14.6. The quantitative estimate of drug-likeness (QED) is 0.832. The van der Waals surface area contributed by atoms with Gasteiger partial charge < -0.3 is 15.0 Å². The van der Waals surface area contributed by atoms with Gasteiger partial charge in [0.1, 0.15) is 6.04 Å². The Hall–Kier alpha value is -2.71. The predicted molar refractivity (Wildman–Crippen MR) is 91.2 cm³/mol. The van der Waals surface area contributed by atoms with E-state index in [4.69, 9.17) is 4.74 Å². The summed E-state index contributed by atoms with van der Waals surface area (Å²) in [6.07, 6.45) is 6.88. The predicted octanol–water partition coefficient (Wildman–Crippen LogP) is 0.944. The van der Waals surface area contributed by atoms with Crippen molar-refractivity contribution in [3.8, 4) is 6.01 Å². The summed E-state index contributed by atoms with van der Waals surface area (Å²) in [4.78, 5) is 27.5. The van der Waals surface area contributed by atoms with E-state index in [-0.39, 0.29) is 18.5 Å². The molecule has 2 aromatic heterocycles. The number of piperidine rings is 1. The Morgan fingerprint density at radius 2 is 2.08 bits per heavy atom. The molecule has 0 saturated carbocycles. The maximum absolute atomic E-state index is 12.3. The van der Waals surface area contributed by atoms with Crippen LogP contribution in [-0.4, -0.2) is 50.8 Å². The van der Waals surface area contributed by atoms with E-state index in [0.29, 0.717) is 11.8 Å². The highest BCUT2D eigenvalue weighted by molar-refractivity contribution is 5.79. The Bertz CT molecular complexity index is 699. The molecule has 1 aliphatic rings. The van der Waals surface area contributed by atoms with Crippen LogP contribution in [0.15, 0.2) is 18.5 Å². The van der Waals surface area contributed by atoms with Crippen LogP contribution in [0.5, 0.6) is 6.01 Å². The van der Waals surface area contributed by atoms with Crippen molar-refractivity contribution >= 4 is 11.9 Å². The standard InChI is InChI=1S/C16H23N7O2/c1-12(23-10-6-7-18-23)14(24)17-11-13-19-15(21-16(20-13)25-2)22-8-4-3-5-9-22/h6-7,10,12H,3-5,8-9,11H2,1-2H3,(H,17,24). The Balaban J connectivity index is 1.67. The molecule has 0 aliphatic carbocycles. The van der Waals surface area contributed by atoms with Crippen molar-refractivity contribution in [2.45, 2.75) is 38.8 Å². The van der Waals surface area contributed by atoms with Crippen molar-refractivity contribution < 1.29 is 9.53 Å². The van der Waals surface area contributed by atoms with Gasteiger partial charge in [-0.1, -0.05) is 0 Å². The number of hydrogen-bond acceptors (Lipinski definition) is 7. The first-order valence-electron chi connectivity index (χ1n) is 8.48. The highest BCUT2D eigenvalue weighted by Crippen LogP contribution is 2.17. The summed E-state index contributed by atoms with van der Waals surface area (Å²) in [6.45, 7) is 3.85. The number of anilines is 1. The van der Waals surface area contributed by atoms with E-state index in [1.54, 1.807) is 30.1 Å². The van der Waals surface area contributed by atoms with Gasteiger partial charge in [0.2, 0.25) is 11.9 Å². The number of rotatable bonds is 6. The Labute approximate surface area is 146 Å². The molecule has 0 aromatic carbocycles. The van der Waals surface area contributed by atoms with Crippen molar-refractivity contribution in [3.05, 3.63) is 24.3 Å². The summed E-state index contributed by atoms with van der Waals surface area (Å²) in [5.74, 6) is 0.937. The minimum absolute atomic E-state index is 0.150. The minimum Gasteiger partial charge on any atom is -0.467 e. The second-order valence-corrected chi connectivity index (χ2v) is 5.97. The van der Waals surface area contributed by atoms with Crippen molar-refractivity contribution in [1.82, 2.24) is 30.0 Å². The molecule has 1 amide bonds. The SMILES string of the molecule is COc1nc(CNC(=O)C(C)n2cccn2)nc(N2CCCCC2)n1. The van der Waals surface area contributed by atoms with Gasteiger partial charge in [-0.05, 0) is 32.3 Å². The van der Waals surface area contributed by atoms with Gasteiger partial charge in [-0.3, -0.25) is 9.48 Å². The van der Waals surface area contributed by atoms with E-state index in [1.165, 1.54) is 13.5 Å². The average molecular weight is 345 g/mol. The lowest BCUT2D eigenvalue weighted by Crippen LogP contribution is -2.33. The van der Waals surface area contributed by atoms with Crippen LogP contribution in [0.4, 0.5) is 5.95 Å². The molecule has 1 saturated heterocycles. The lowest BCUT2D eigenvalue weighted by atomic mass is 10.1. The lowest BCUT2D eigenvalue weighted by molar-refractivity contribution is -0.124. The van der Waals surface area contributed by atoms with Gasteiger partial charge in [-0.25, -0.2) is 0 Å². The molecule has 134 valence electrons. The zero-order chi connectivity index (χ0) is 17.6. The number of amides is 1. The zero-order valence-electron chi connectivity index (χ0n) is 14.6. The average Bonchev–Trinajstić information content (AvgIpc) is 3.20. The van der Waals surface area contributed by atoms with E-state index >= 15 is 0 Å². The second kappa shape index (κ2) is 7.91. The summed E-state index contributed by atoms with van der Waals surface area (Å²) in [5, 5.41) is 6.92. The number of carbonyl (C=O) groups excluding carboxylic acids is 1. The van der Waals surface area contributed by atoms with Crippen molar-refractivity contribution in [3.63, 3.8) is 0 Å². The number of nitrogens with one attached hydrogen (secondary N) is 1. The van der Waals surface area contributed by atoms with Gasteiger partial charge in [0.15, 0.2) is 5.82 Å². The molecular weight excluding hydrogens is 322 g/mol. The van der Waals surface area contributed by atoms with E-state index in [2.05, 4.69) is 30.3 Å². The monoisotopic (exact) mass is 345 g/mol. The van der Waals surface area contributed by atoms with Gasteiger partial charge in [0, 0.05) is 25.5 Å². The largest absolute Gasteiger partial charge is 0.467 e. The fraction of sp³-hybridized carbons (Fsp3) is 0.562. The molecular formula is C16H23N7O2. The number of aromatic nitrogens is 5. The van der Waals surface area contributed by atoms with Crippen LogP contribution in [0.25, 0.3) is 0 Å². The summed E-state index contributed by atoms with van der Waals surface area (Å²) in [7, 11) is 1.53. The van der Waals surface area contributed by atoms with Gasteiger partial charge in [0.25, 0.3) is 0 Å². The van der Waals surface area contributed by atoms with Gasteiger partial charge in [0.05, 0.1) is 13.7 Å². The number of methoxy groups -OCH3 is 1. The smallest absolute Gasteiger partial charge is 0.321 e. The Morgan fingerprint density at radius 3 is 2.76 bits per heavy atom. The number of nitrogens with zero attached hydrogens (tertiary/aromatic N) is 6. The maximum atomic E-state index is 12.3. The van der Waals surface area contributed by atoms with E-state index in [9.17, 15) is 4.79 Å². The Morgan fingerprint density at radius 1 is 1.28 bits per heavy atom. The summed E-state index contributed by atoms with van der Waals surface area (Å²) < 4.78 is 6.78. The van der Waals surface area contributed by atoms with Gasteiger partial charge >= 0.3 is 6.01 Å². The first kappa shape index (κ1) is 17.1. The number of ether oxygens (including phenoxy) is 1. The van der Waals surface area contributed by atoms with Crippen LogP contribution in [0.2, 0.25) is 0 Å². The molecule has 3 heterocycles. The van der Waals surface area contributed by atoms with Crippen molar-refractivity contribution in [2.24, 2.45) is 0 Å². The van der Waals surface area contributed by atoms with Gasteiger partial charge in [-0.15, -0.1) is 0 Å². The molecule has 3 rings (SSSR count). The topological polar surface area (TPSA) is 98.1 Å². The summed E-state index contributed by atoms with van der Waals surface area (Å²) >= 11 is 0. The van der Waals surface area contributed by atoms with Crippen LogP contribution in [0, 0.1) is 0 Å². The molecule has 1 atom stereocenters. The highest BCUT2D eigenvalue weighted by atomic mass is 16.5. The van der Waals surface area contributed by atoms with Crippen LogP contribution in [-0.2, 0) is 11.3 Å². The lowest BCUT2D eigenvalue weighted by Gasteiger charge is -2.26. The molecule has 1 aliphatic heterocycles. The third-order valence-corrected chi connectivity index (χ3v) is 4.19. The normalized spacial score (nSPS) is 15.7. The second-order valence-electron chi connectivity index (χ2n) is 5.97. The third kappa shape index (κ3) is 4.23. The van der Waals surface area contributed by atoms with E-state index in [1.807, 2.05) is 0 Å². The molecule has 9 heteroatoms. The highest BCUT2D eigenvalue weighted by Gasteiger charge is 2.18. The molecule has 9 nitrogen and oxygen atoms in total. The molecule has 0 radical (unpaired) electrons. The molecule has 1 fully saturated rings. The number of hydrogen-bond donors (Lipinski definition) is 1. The first-order valence-corrected chi connectivity index (χ1v) is 8.48. The van der Waals surface area contributed by atoms with Crippen LogP contribution < -0.4 is 15.0 Å². The summed E-state index contributed by atoms with van der Waals surface area (Å²) in [6, 6.07) is 1.64. The van der Waals surface area contributed by atoms with Crippen molar-refractivity contribution in [2.75, 3.05) is 25.1 Å². The van der Waals surface area contributed by atoms with Gasteiger partial charge in [-0.2, -0.15) is 20.1 Å².